The van der Waals surface area contributed by atoms with Gasteiger partial charge in [0.1, 0.15) is 0 Å². The summed E-state index contributed by atoms with van der Waals surface area (Å²) in [4.78, 5) is 10.7. The molecule has 1 aromatic rings. The SMILES string of the molecule is NC(=O)n1ccc(C2CCC2)n1. The Balaban J connectivity index is 2.17. The molecule has 4 heteroatoms. The molecule has 4 nitrogen and oxygen atoms in total. The molecule has 0 aromatic carbocycles. The average molecular weight is 165 g/mol. The number of aromatic nitrogens is 2. The Kier molecular flexibility index (Phi) is 1.60. The topological polar surface area (TPSA) is 60.9 Å². The summed E-state index contributed by atoms with van der Waals surface area (Å²) >= 11 is 0. The van der Waals surface area contributed by atoms with E-state index in [4.69, 9.17) is 5.73 Å². The largest absolute Gasteiger partial charge is 0.350 e. The van der Waals surface area contributed by atoms with E-state index in [0.717, 1.165) is 5.69 Å². The van der Waals surface area contributed by atoms with Crippen molar-refractivity contribution in [3.05, 3.63) is 18.0 Å². The molecule has 0 atom stereocenters. The Hall–Kier alpha value is -1.32. The van der Waals surface area contributed by atoms with Crippen LogP contribution in [0.5, 0.6) is 0 Å². The predicted octanol–water partition coefficient (Wildman–Crippen LogP) is 1.08. The lowest BCUT2D eigenvalue weighted by molar-refractivity contribution is 0.247. The van der Waals surface area contributed by atoms with Gasteiger partial charge in [-0.05, 0) is 18.9 Å². The van der Waals surface area contributed by atoms with Crippen molar-refractivity contribution in [2.24, 2.45) is 5.73 Å². The summed E-state index contributed by atoms with van der Waals surface area (Å²) in [5, 5.41) is 4.07. The molecule has 0 radical (unpaired) electrons. The molecule has 64 valence electrons. The summed E-state index contributed by atoms with van der Waals surface area (Å²) in [6, 6.07) is 1.36. The number of hydrogen-bond acceptors (Lipinski definition) is 2. The van der Waals surface area contributed by atoms with E-state index in [2.05, 4.69) is 5.10 Å². The van der Waals surface area contributed by atoms with E-state index < -0.39 is 6.03 Å². The fourth-order valence-corrected chi connectivity index (χ4v) is 1.38. The molecule has 12 heavy (non-hydrogen) atoms. The third-order valence-electron chi connectivity index (χ3n) is 2.36. The van der Waals surface area contributed by atoms with Crippen molar-refractivity contribution in [1.82, 2.24) is 9.78 Å². The van der Waals surface area contributed by atoms with Gasteiger partial charge in [0.25, 0.3) is 0 Å². The first-order valence-corrected chi connectivity index (χ1v) is 4.13. The number of hydrogen-bond donors (Lipinski definition) is 1. The maximum absolute atomic E-state index is 10.7. The quantitative estimate of drug-likeness (QED) is 0.676. The summed E-state index contributed by atoms with van der Waals surface area (Å²) in [5.74, 6) is 0.561. The van der Waals surface area contributed by atoms with Crippen LogP contribution in [-0.4, -0.2) is 15.8 Å². The molecule has 1 fully saturated rings. The van der Waals surface area contributed by atoms with Gasteiger partial charge in [-0.25, -0.2) is 4.79 Å². The van der Waals surface area contributed by atoms with Crippen molar-refractivity contribution < 1.29 is 4.79 Å². The molecule has 0 spiro atoms. The minimum atomic E-state index is -0.513. The van der Waals surface area contributed by atoms with Crippen molar-refractivity contribution in [3.8, 4) is 0 Å². The fraction of sp³-hybridized carbons (Fsp3) is 0.500. The van der Waals surface area contributed by atoms with Crippen LogP contribution in [0, 0.1) is 0 Å². The number of amides is 1. The number of rotatable bonds is 1. The number of carbonyl (C=O) groups excluding carboxylic acids is 1. The third-order valence-corrected chi connectivity index (χ3v) is 2.36. The molecule has 1 aromatic heterocycles. The van der Waals surface area contributed by atoms with E-state index in [0.29, 0.717) is 5.92 Å². The highest BCUT2D eigenvalue weighted by Crippen LogP contribution is 2.34. The van der Waals surface area contributed by atoms with Gasteiger partial charge in [0, 0.05) is 12.1 Å². The van der Waals surface area contributed by atoms with Crippen LogP contribution in [0.25, 0.3) is 0 Å². The molecular formula is C8H11N3O. The lowest BCUT2D eigenvalue weighted by Crippen LogP contribution is -2.20. The maximum Gasteiger partial charge on any atom is 0.339 e. The third kappa shape index (κ3) is 1.09. The number of primary amides is 1. The van der Waals surface area contributed by atoms with Gasteiger partial charge in [-0.1, -0.05) is 6.42 Å². The Morgan fingerprint density at radius 3 is 2.83 bits per heavy atom. The van der Waals surface area contributed by atoms with E-state index in [1.165, 1.54) is 23.9 Å². The van der Waals surface area contributed by atoms with Gasteiger partial charge in [-0.15, -0.1) is 0 Å². The molecule has 2 N–H and O–H groups in total. The lowest BCUT2D eigenvalue weighted by atomic mass is 9.83. The maximum atomic E-state index is 10.7. The zero-order chi connectivity index (χ0) is 8.55. The van der Waals surface area contributed by atoms with E-state index in [1.807, 2.05) is 6.07 Å². The van der Waals surface area contributed by atoms with Crippen LogP contribution in [0.2, 0.25) is 0 Å². The van der Waals surface area contributed by atoms with Crippen LogP contribution in [-0.2, 0) is 0 Å². The summed E-state index contributed by atoms with van der Waals surface area (Å²) in [6.45, 7) is 0. The molecule has 1 heterocycles. The molecule has 1 aliphatic rings. The molecule has 1 aliphatic carbocycles. The first kappa shape index (κ1) is 7.34. The second-order valence-electron chi connectivity index (χ2n) is 3.15. The Morgan fingerprint density at radius 1 is 1.67 bits per heavy atom. The van der Waals surface area contributed by atoms with Crippen LogP contribution in [0.1, 0.15) is 30.9 Å². The molecule has 0 unspecified atom stereocenters. The average Bonchev–Trinajstić information content (AvgIpc) is 2.32. The highest BCUT2D eigenvalue weighted by atomic mass is 16.2. The molecule has 1 saturated carbocycles. The van der Waals surface area contributed by atoms with Crippen LogP contribution in [0.4, 0.5) is 4.79 Å². The molecule has 2 rings (SSSR count). The minimum absolute atomic E-state index is 0.513. The first-order valence-electron chi connectivity index (χ1n) is 4.13. The van der Waals surface area contributed by atoms with Crippen molar-refractivity contribution >= 4 is 6.03 Å². The highest BCUT2D eigenvalue weighted by Gasteiger charge is 2.21. The molecular weight excluding hydrogens is 154 g/mol. The summed E-state index contributed by atoms with van der Waals surface area (Å²) in [7, 11) is 0. The zero-order valence-electron chi connectivity index (χ0n) is 6.73. The van der Waals surface area contributed by atoms with Gasteiger partial charge >= 0.3 is 6.03 Å². The van der Waals surface area contributed by atoms with E-state index in [1.54, 1.807) is 6.20 Å². The summed E-state index contributed by atoms with van der Waals surface area (Å²) < 4.78 is 1.19. The second-order valence-corrected chi connectivity index (χ2v) is 3.15. The molecule has 0 bridgehead atoms. The van der Waals surface area contributed by atoms with Gasteiger partial charge in [-0.3, -0.25) is 0 Å². The van der Waals surface area contributed by atoms with E-state index >= 15 is 0 Å². The lowest BCUT2D eigenvalue weighted by Gasteiger charge is -2.22. The predicted molar refractivity (Wildman–Crippen MR) is 43.8 cm³/mol. The van der Waals surface area contributed by atoms with Gasteiger partial charge in [-0.2, -0.15) is 9.78 Å². The van der Waals surface area contributed by atoms with E-state index in [-0.39, 0.29) is 0 Å². The summed E-state index contributed by atoms with van der Waals surface area (Å²) in [5.41, 5.74) is 6.05. The number of nitrogens with two attached hydrogens (primary N) is 1. The van der Waals surface area contributed by atoms with Crippen LogP contribution < -0.4 is 5.73 Å². The molecule has 0 saturated heterocycles. The van der Waals surface area contributed by atoms with Crippen LogP contribution in [0.3, 0.4) is 0 Å². The smallest absolute Gasteiger partial charge is 0.339 e. The Labute approximate surface area is 70.4 Å². The van der Waals surface area contributed by atoms with Gasteiger partial charge in [0.2, 0.25) is 0 Å². The standard InChI is InChI=1S/C8H11N3O/c9-8(12)11-5-4-7(10-11)6-2-1-3-6/h4-6H,1-3H2,(H2,9,12). The van der Waals surface area contributed by atoms with Gasteiger partial charge in [0.15, 0.2) is 0 Å². The van der Waals surface area contributed by atoms with Gasteiger partial charge in [0.05, 0.1) is 5.69 Å². The van der Waals surface area contributed by atoms with Crippen molar-refractivity contribution in [3.63, 3.8) is 0 Å². The van der Waals surface area contributed by atoms with E-state index in [9.17, 15) is 4.79 Å². The first-order chi connectivity index (χ1) is 5.77. The number of nitrogens with zero attached hydrogens (tertiary/aromatic N) is 2. The van der Waals surface area contributed by atoms with Crippen molar-refractivity contribution in [2.75, 3.05) is 0 Å². The fourth-order valence-electron chi connectivity index (χ4n) is 1.38. The Bertz CT molecular complexity index is 301. The molecule has 0 aliphatic heterocycles. The second kappa shape index (κ2) is 2.62. The highest BCUT2D eigenvalue weighted by molar-refractivity contribution is 5.73. The van der Waals surface area contributed by atoms with Crippen molar-refractivity contribution in [2.45, 2.75) is 25.2 Å². The van der Waals surface area contributed by atoms with Crippen LogP contribution >= 0.6 is 0 Å². The summed E-state index contributed by atoms with van der Waals surface area (Å²) in [6.07, 6.45) is 5.27. The number of carbonyl (C=O) groups is 1. The van der Waals surface area contributed by atoms with Crippen LogP contribution in [0.15, 0.2) is 12.3 Å². The zero-order valence-corrected chi connectivity index (χ0v) is 6.73. The van der Waals surface area contributed by atoms with Gasteiger partial charge < -0.3 is 5.73 Å². The monoisotopic (exact) mass is 165 g/mol. The minimum Gasteiger partial charge on any atom is -0.350 e. The normalized spacial score (nSPS) is 17.3. The Morgan fingerprint density at radius 2 is 2.42 bits per heavy atom. The van der Waals surface area contributed by atoms with Crippen molar-refractivity contribution in [1.29, 1.82) is 0 Å². The molecule has 1 amide bonds.